The Hall–Kier alpha value is -3.41. The quantitative estimate of drug-likeness (QED) is 0.738. The molecule has 2 heterocycles. The zero-order chi connectivity index (χ0) is 20.2. The lowest BCUT2D eigenvalue weighted by atomic mass is 10.2. The molecule has 6 nitrogen and oxygen atoms in total. The van der Waals surface area contributed by atoms with E-state index in [1.54, 1.807) is 12.4 Å². The molecule has 0 bridgehead atoms. The Bertz CT molecular complexity index is 977. The van der Waals surface area contributed by atoms with Gasteiger partial charge in [0.15, 0.2) is 0 Å². The Morgan fingerprint density at radius 1 is 0.897 bits per heavy atom. The Kier molecular flexibility index (Phi) is 5.42. The van der Waals surface area contributed by atoms with Crippen LogP contribution in [0, 0.1) is 13.8 Å². The van der Waals surface area contributed by atoms with Crippen LogP contribution in [0.25, 0.3) is 0 Å². The maximum absolute atomic E-state index is 12.8. The van der Waals surface area contributed by atoms with E-state index in [1.807, 2.05) is 36.1 Å². The van der Waals surface area contributed by atoms with Crippen LogP contribution in [0.5, 0.6) is 0 Å². The van der Waals surface area contributed by atoms with Crippen molar-refractivity contribution in [1.82, 2.24) is 14.9 Å². The van der Waals surface area contributed by atoms with Crippen LogP contribution < -0.4 is 10.2 Å². The monoisotopic (exact) mass is 387 g/mol. The summed E-state index contributed by atoms with van der Waals surface area (Å²) in [6, 6.07) is 16.5. The van der Waals surface area contributed by atoms with Crippen molar-refractivity contribution < 1.29 is 4.79 Å². The predicted molar refractivity (Wildman–Crippen MR) is 116 cm³/mol. The third-order valence-electron chi connectivity index (χ3n) is 5.14. The summed E-state index contributed by atoms with van der Waals surface area (Å²) in [5, 5.41) is 3.15. The molecular formula is C23H25N5O. The topological polar surface area (TPSA) is 61.4 Å². The van der Waals surface area contributed by atoms with Gasteiger partial charge in [-0.1, -0.05) is 29.8 Å². The zero-order valence-electron chi connectivity index (χ0n) is 16.8. The van der Waals surface area contributed by atoms with Gasteiger partial charge in [0.1, 0.15) is 0 Å². The number of carbonyl (C=O) groups is 1. The van der Waals surface area contributed by atoms with Gasteiger partial charge in [0, 0.05) is 49.9 Å². The minimum atomic E-state index is -0.0178. The fraction of sp³-hybridized carbons (Fsp3) is 0.261. The van der Waals surface area contributed by atoms with Gasteiger partial charge in [-0.2, -0.15) is 0 Å². The van der Waals surface area contributed by atoms with Crippen molar-refractivity contribution in [3.63, 3.8) is 0 Å². The SMILES string of the molecule is Cc1ccc(Nc2ncc(C(=O)N3CCN(c4cccc(C)c4)CC3)cn2)cc1. The summed E-state index contributed by atoms with van der Waals surface area (Å²) in [5.74, 6) is 0.463. The van der Waals surface area contributed by atoms with Crippen LogP contribution in [0.15, 0.2) is 60.9 Å². The van der Waals surface area contributed by atoms with Crippen molar-refractivity contribution in [2.75, 3.05) is 36.4 Å². The molecular weight excluding hydrogens is 362 g/mol. The summed E-state index contributed by atoms with van der Waals surface area (Å²) in [6.07, 6.45) is 3.19. The van der Waals surface area contributed by atoms with Crippen LogP contribution in [0.2, 0.25) is 0 Å². The third-order valence-corrected chi connectivity index (χ3v) is 5.14. The molecule has 1 fully saturated rings. The molecule has 0 unspecified atom stereocenters. The molecule has 2 aromatic carbocycles. The van der Waals surface area contributed by atoms with E-state index in [1.165, 1.54) is 16.8 Å². The summed E-state index contributed by atoms with van der Waals surface area (Å²) in [4.78, 5) is 25.6. The van der Waals surface area contributed by atoms with E-state index in [2.05, 4.69) is 51.4 Å². The van der Waals surface area contributed by atoms with Crippen LogP contribution in [-0.2, 0) is 0 Å². The van der Waals surface area contributed by atoms with Gasteiger partial charge < -0.3 is 15.1 Å². The first kappa shape index (κ1) is 18.9. The molecule has 6 heteroatoms. The average Bonchev–Trinajstić information content (AvgIpc) is 2.75. The Morgan fingerprint density at radius 3 is 2.24 bits per heavy atom. The smallest absolute Gasteiger partial charge is 0.257 e. The summed E-state index contributed by atoms with van der Waals surface area (Å²) in [7, 11) is 0. The summed E-state index contributed by atoms with van der Waals surface area (Å²) < 4.78 is 0. The second-order valence-corrected chi connectivity index (χ2v) is 7.40. The Balaban J connectivity index is 1.35. The van der Waals surface area contributed by atoms with Gasteiger partial charge in [0.05, 0.1) is 5.56 Å². The maximum atomic E-state index is 12.8. The van der Waals surface area contributed by atoms with Crippen LogP contribution in [0.4, 0.5) is 17.3 Å². The van der Waals surface area contributed by atoms with Gasteiger partial charge in [-0.3, -0.25) is 4.79 Å². The molecule has 0 aliphatic carbocycles. The number of carbonyl (C=O) groups excluding carboxylic acids is 1. The number of benzene rings is 2. The molecule has 0 saturated carbocycles. The number of aromatic nitrogens is 2. The number of nitrogens with one attached hydrogen (secondary N) is 1. The molecule has 4 rings (SSSR count). The largest absolute Gasteiger partial charge is 0.368 e. The molecule has 3 aromatic rings. The van der Waals surface area contributed by atoms with Crippen molar-refractivity contribution in [2.24, 2.45) is 0 Å². The minimum absolute atomic E-state index is 0.0178. The molecule has 1 aromatic heterocycles. The van der Waals surface area contributed by atoms with E-state index in [9.17, 15) is 4.79 Å². The van der Waals surface area contributed by atoms with Gasteiger partial charge in [0.2, 0.25) is 5.95 Å². The average molecular weight is 387 g/mol. The van der Waals surface area contributed by atoms with E-state index >= 15 is 0 Å². The van der Waals surface area contributed by atoms with Gasteiger partial charge in [-0.15, -0.1) is 0 Å². The first-order chi connectivity index (χ1) is 14.1. The van der Waals surface area contributed by atoms with Gasteiger partial charge >= 0.3 is 0 Å². The lowest BCUT2D eigenvalue weighted by Crippen LogP contribution is -2.48. The number of hydrogen-bond donors (Lipinski definition) is 1. The van der Waals surface area contributed by atoms with Crippen LogP contribution in [0.1, 0.15) is 21.5 Å². The fourth-order valence-electron chi connectivity index (χ4n) is 3.44. The van der Waals surface area contributed by atoms with E-state index in [-0.39, 0.29) is 5.91 Å². The number of aryl methyl sites for hydroxylation is 2. The van der Waals surface area contributed by atoms with Crippen molar-refractivity contribution >= 4 is 23.2 Å². The van der Waals surface area contributed by atoms with Gasteiger partial charge in [-0.05, 0) is 43.7 Å². The van der Waals surface area contributed by atoms with Crippen molar-refractivity contribution in [3.8, 4) is 0 Å². The van der Waals surface area contributed by atoms with Crippen LogP contribution in [0.3, 0.4) is 0 Å². The highest BCUT2D eigenvalue weighted by atomic mass is 16.2. The zero-order valence-corrected chi connectivity index (χ0v) is 16.8. The predicted octanol–water partition coefficient (Wildman–Crippen LogP) is 3.80. The van der Waals surface area contributed by atoms with E-state index in [4.69, 9.17) is 0 Å². The highest BCUT2D eigenvalue weighted by Gasteiger charge is 2.23. The highest BCUT2D eigenvalue weighted by Crippen LogP contribution is 2.19. The summed E-state index contributed by atoms with van der Waals surface area (Å²) >= 11 is 0. The van der Waals surface area contributed by atoms with Crippen molar-refractivity contribution in [2.45, 2.75) is 13.8 Å². The molecule has 1 saturated heterocycles. The molecule has 1 aliphatic rings. The molecule has 1 amide bonds. The number of rotatable bonds is 4. The number of hydrogen-bond acceptors (Lipinski definition) is 5. The normalized spacial score (nSPS) is 14.0. The lowest BCUT2D eigenvalue weighted by Gasteiger charge is -2.36. The molecule has 1 N–H and O–H groups in total. The second kappa shape index (κ2) is 8.31. The number of piperazine rings is 1. The summed E-state index contributed by atoms with van der Waals surface area (Å²) in [6.45, 7) is 7.17. The molecule has 0 radical (unpaired) electrons. The fourth-order valence-corrected chi connectivity index (χ4v) is 3.44. The maximum Gasteiger partial charge on any atom is 0.257 e. The molecule has 29 heavy (non-hydrogen) atoms. The van der Waals surface area contributed by atoms with Crippen molar-refractivity contribution in [3.05, 3.63) is 77.6 Å². The van der Waals surface area contributed by atoms with E-state index in [0.717, 1.165) is 18.8 Å². The van der Waals surface area contributed by atoms with Crippen LogP contribution in [-0.4, -0.2) is 47.0 Å². The minimum Gasteiger partial charge on any atom is -0.368 e. The first-order valence-electron chi connectivity index (χ1n) is 9.85. The first-order valence-corrected chi connectivity index (χ1v) is 9.85. The molecule has 148 valence electrons. The molecule has 1 aliphatic heterocycles. The molecule has 0 atom stereocenters. The van der Waals surface area contributed by atoms with E-state index in [0.29, 0.717) is 24.6 Å². The summed E-state index contributed by atoms with van der Waals surface area (Å²) in [5.41, 5.74) is 5.09. The lowest BCUT2D eigenvalue weighted by molar-refractivity contribution is 0.0746. The van der Waals surface area contributed by atoms with Gasteiger partial charge in [0.25, 0.3) is 5.91 Å². The third kappa shape index (κ3) is 4.54. The number of anilines is 3. The van der Waals surface area contributed by atoms with Crippen molar-refractivity contribution in [1.29, 1.82) is 0 Å². The number of nitrogens with zero attached hydrogens (tertiary/aromatic N) is 4. The van der Waals surface area contributed by atoms with E-state index < -0.39 is 0 Å². The Morgan fingerprint density at radius 2 is 1.59 bits per heavy atom. The highest BCUT2D eigenvalue weighted by molar-refractivity contribution is 5.94. The second-order valence-electron chi connectivity index (χ2n) is 7.40. The molecule has 0 spiro atoms. The number of amides is 1. The van der Waals surface area contributed by atoms with Gasteiger partial charge in [-0.25, -0.2) is 9.97 Å². The standard InChI is InChI=1S/C23H25N5O/c1-17-6-8-20(9-7-17)26-23-24-15-19(16-25-23)22(29)28-12-10-27(11-13-28)21-5-3-4-18(2)14-21/h3-9,14-16H,10-13H2,1-2H3,(H,24,25,26). The Labute approximate surface area is 171 Å². The van der Waals surface area contributed by atoms with Crippen LogP contribution >= 0.6 is 0 Å².